The average Bonchev–Trinajstić information content (AvgIpc) is 2.35. The highest BCUT2D eigenvalue weighted by Crippen LogP contribution is 2.32. The lowest BCUT2D eigenvalue weighted by molar-refractivity contribution is -0.121. The fraction of sp³-hybridized carbons (Fsp3) is 0.500. The molecular formula is C14H20N2O3. The summed E-state index contributed by atoms with van der Waals surface area (Å²) in [5.74, 6) is 1.48. The molecule has 3 N–H and O–H groups in total. The monoisotopic (exact) mass is 264 g/mol. The summed E-state index contributed by atoms with van der Waals surface area (Å²) in [6, 6.07) is 3.75. The van der Waals surface area contributed by atoms with Crippen molar-refractivity contribution in [2.24, 2.45) is 5.73 Å². The third kappa shape index (κ3) is 3.61. The molecule has 0 bridgehead atoms. The van der Waals surface area contributed by atoms with Crippen LogP contribution in [-0.4, -0.2) is 25.2 Å². The SMILES string of the molecule is Cc1cc2c(cc1CNC(=O)CC(C)N)OCCO2. The number of carbonyl (C=O) groups is 1. The predicted molar refractivity (Wildman–Crippen MR) is 72.3 cm³/mol. The van der Waals surface area contributed by atoms with Crippen molar-refractivity contribution in [1.82, 2.24) is 5.32 Å². The van der Waals surface area contributed by atoms with Crippen molar-refractivity contribution in [2.75, 3.05) is 13.2 Å². The van der Waals surface area contributed by atoms with Crippen LogP contribution < -0.4 is 20.5 Å². The van der Waals surface area contributed by atoms with Crippen molar-refractivity contribution in [3.63, 3.8) is 0 Å². The van der Waals surface area contributed by atoms with Gasteiger partial charge in [-0.25, -0.2) is 0 Å². The zero-order valence-corrected chi connectivity index (χ0v) is 11.4. The van der Waals surface area contributed by atoms with E-state index >= 15 is 0 Å². The van der Waals surface area contributed by atoms with E-state index in [0.717, 1.165) is 22.6 Å². The first-order valence-corrected chi connectivity index (χ1v) is 6.47. The Kier molecular flexibility index (Phi) is 4.27. The van der Waals surface area contributed by atoms with Gasteiger partial charge in [0.1, 0.15) is 13.2 Å². The van der Waals surface area contributed by atoms with Crippen molar-refractivity contribution in [2.45, 2.75) is 32.9 Å². The molecule has 1 aliphatic heterocycles. The molecule has 0 saturated carbocycles. The highest BCUT2D eigenvalue weighted by atomic mass is 16.6. The quantitative estimate of drug-likeness (QED) is 0.854. The summed E-state index contributed by atoms with van der Waals surface area (Å²) in [6.45, 7) is 5.43. The molecule has 0 aliphatic carbocycles. The second-order valence-corrected chi connectivity index (χ2v) is 4.88. The Bertz CT molecular complexity index is 472. The van der Waals surface area contributed by atoms with Crippen molar-refractivity contribution in [3.8, 4) is 11.5 Å². The lowest BCUT2D eigenvalue weighted by atomic mass is 10.1. The summed E-state index contributed by atoms with van der Waals surface area (Å²) in [7, 11) is 0. The third-order valence-corrected chi connectivity index (χ3v) is 2.98. The number of fused-ring (bicyclic) bond motifs is 1. The number of nitrogens with one attached hydrogen (secondary N) is 1. The van der Waals surface area contributed by atoms with Crippen LogP contribution in [0, 0.1) is 6.92 Å². The summed E-state index contributed by atoms with van der Waals surface area (Å²) in [6.07, 6.45) is 0.337. The normalized spacial score (nSPS) is 14.9. The van der Waals surface area contributed by atoms with Crippen molar-refractivity contribution >= 4 is 5.91 Å². The minimum Gasteiger partial charge on any atom is -0.486 e. The number of nitrogens with two attached hydrogens (primary N) is 1. The van der Waals surface area contributed by atoms with Gasteiger partial charge in [0, 0.05) is 19.0 Å². The number of rotatable bonds is 4. The number of aryl methyl sites for hydroxylation is 1. The van der Waals surface area contributed by atoms with Crippen LogP contribution in [0.3, 0.4) is 0 Å². The molecule has 0 aromatic heterocycles. The Morgan fingerprint density at radius 3 is 2.63 bits per heavy atom. The van der Waals surface area contributed by atoms with Crippen molar-refractivity contribution in [1.29, 1.82) is 0 Å². The molecule has 5 nitrogen and oxygen atoms in total. The largest absolute Gasteiger partial charge is 0.486 e. The highest BCUT2D eigenvalue weighted by Gasteiger charge is 2.14. The highest BCUT2D eigenvalue weighted by molar-refractivity contribution is 5.76. The Balaban J connectivity index is 2.02. The lowest BCUT2D eigenvalue weighted by Gasteiger charge is -2.20. The van der Waals surface area contributed by atoms with E-state index in [1.54, 1.807) is 0 Å². The minimum atomic E-state index is -0.124. The average molecular weight is 264 g/mol. The Morgan fingerprint density at radius 1 is 1.37 bits per heavy atom. The summed E-state index contributed by atoms with van der Waals surface area (Å²) in [5, 5.41) is 2.86. The van der Waals surface area contributed by atoms with Gasteiger partial charge in [-0.05, 0) is 37.1 Å². The molecule has 1 aliphatic rings. The van der Waals surface area contributed by atoms with Crippen molar-refractivity contribution in [3.05, 3.63) is 23.3 Å². The summed E-state index contributed by atoms with van der Waals surface area (Å²) >= 11 is 0. The fourth-order valence-corrected chi connectivity index (χ4v) is 1.98. The Labute approximate surface area is 113 Å². The molecule has 1 heterocycles. The van der Waals surface area contributed by atoms with Gasteiger partial charge in [-0.2, -0.15) is 0 Å². The molecule has 104 valence electrons. The van der Waals surface area contributed by atoms with E-state index in [4.69, 9.17) is 15.2 Å². The molecule has 1 aromatic rings. The van der Waals surface area contributed by atoms with E-state index in [9.17, 15) is 4.79 Å². The molecule has 0 fully saturated rings. The van der Waals surface area contributed by atoms with Crippen LogP contribution >= 0.6 is 0 Å². The van der Waals surface area contributed by atoms with Gasteiger partial charge in [0.2, 0.25) is 5.91 Å². The molecule has 19 heavy (non-hydrogen) atoms. The van der Waals surface area contributed by atoms with Gasteiger partial charge < -0.3 is 20.5 Å². The van der Waals surface area contributed by atoms with Crippen LogP contribution in [-0.2, 0) is 11.3 Å². The molecule has 0 spiro atoms. The molecule has 0 radical (unpaired) electrons. The van der Waals surface area contributed by atoms with Crippen LogP contribution in [0.15, 0.2) is 12.1 Å². The van der Waals surface area contributed by atoms with E-state index < -0.39 is 0 Å². The van der Waals surface area contributed by atoms with Gasteiger partial charge in [-0.3, -0.25) is 4.79 Å². The summed E-state index contributed by atoms with van der Waals surface area (Å²) < 4.78 is 11.0. The number of hydrogen-bond acceptors (Lipinski definition) is 4. The summed E-state index contributed by atoms with van der Waals surface area (Å²) in [5.41, 5.74) is 7.69. The smallest absolute Gasteiger partial charge is 0.221 e. The standard InChI is InChI=1S/C14H20N2O3/c1-9-5-12-13(19-4-3-18-12)7-11(9)8-16-14(17)6-10(2)15/h5,7,10H,3-4,6,8,15H2,1-2H3,(H,16,17). The molecule has 0 saturated heterocycles. The third-order valence-electron chi connectivity index (χ3n) is 2.98. The van der Waals surface area contributed by atoms with Crippen LogP contribution in [0.1, 0.15) is 24.5 Å². The number of ether oxygens (including phenoxy) is 2. The van der Waals surface area contributed by atoms with Crippen LogP contribution in [0.4, 0.5) is 0 Å². The lowest BCUT2D eigenvalue weighted by Crippen LogP contribution is -2.29. The predicted octanol–water partition coefficient (Wildman–Crippen LogP) is 1.12. The molecule has 2 rings (SSSR count). The molecule has 1 unspecified atom stereocenters. The maximum absolute atomic E-state index is 11.6. The minimum absolute atomic E-state index is 0.0377. The van der Waals surface area contributed by atoms with Crippen LogP contribution in [0.5, 0.6) is 11.5 Å². The topological polar surface area (TPSA) is 73.6 Å². The van der Waals surface area contributed by atoms with Crippen LogP contribution in [0.25, 0.3) is 0 Å². The molecular weight excluding hydrogens is 244 g/mol. The second-order valence-electron chi connectivity index (χ2n) is 4.88. The first kappa shape index (κ1) is 13.7. The number of benzene rings is 1. The molecule has 1 aromatic carbocycles. The zero-order valence-electron chi connectivity index (χ0n) is 11.4. The van der Waals surface area contributed by atoms with E-state index in [1.165, 1.54) is 0 Å². The van der Waals surface area contributed by atoms with Gasteiger partial charge >= 0.3 is 0 Å². The molecule has 1 atom stereocenters. The Hall–Kier alpha value is -1.75. The first-order chi connectivity index (χ1) is 9.06. The first-order valence-electron chi connectivity index (χ1n) is 6.47. The van der Waals surface area contributed by atoms with Gasteiger partial charge in [0.25, 0.3) is 0 Å². The number of carbonyl (C=O) groups excluding carboxylic acids is 1. The van der Waals surface area contributed by atoms with E-state index in [-0.39, 0.29) is 11.9 Å². The molecule has 1 amide bonds. The van der Waals surface area contributed by atoms with Crippen LogP contribution in [0.2, 0.25) is 0 Å². The van der Waals surface area contributed by atoms with E-state index in [0.29, 0.717) is 26.2 Å². The maximum atomic E-state index is 11.6. The Morgan fingerprint density at radius 2 is 2.00 bits per heavy atom. The van der Waals surface area contributed by atoms with E-state index in [1.807, 2.05) is 26.0 Å². The van der Waals surface area contributed by atoms with Gasteiger partial charge in [0.05, 0.1) is 0 Å². The van der Waals surface area contributed by atoms with Crippen molar-refractivity contribution < 1.29 is 14.3 Å². The summed E-state index contributed by atoms with van der Waals surface area (Å²) in [4.78, 5) is 11.6. The van der Waals surface area contributed by atoms with Gasteiger partial charge in [0.15, 0.2) is 11.5 Å². The second kappa shape index (κ2) is 5.93. The fourth-order valence-electron chi connectivity index (χ4n) is 1.98. The maximum Gasteiger partial charge on any atom is 0.221 e. The van der Waals surface area contributed by atoms with Gasteiger partial charge in [-0.15, -0.1) is 0 Å². The zero-order chi connectivity index (χ0) is 13.8. The van der Waals surface area contributed by atoms with Gasteiger partial charge in [-0.1, -0.05) is 0 Å². The number of hydrogen-bond donors (Lipinski definition) is 2. The molecule has 5 heteroatoms. The number of amides is 1. The van der Waals surface area contributed by atoms with E-state index in [2.05, 4.69) is 5.32 Å².